The Morgan fingerprint density at radius 2 is 1.71 bits per heavy atom. The highest BCUT2D eigenvalue weighted by molar-refractivity contribution is 7.09. The summed E-state index contributed by atoms with van der Waals surface area (Å²) < 4.78 is 16.0. The van der Waals surface area contributed by atoms with Crippen molar-refractivity contribution in [3.8, 4) is 11.5 Å². The number of para-hydroxylation sites is 1. The molecule has 0 spiro atoms. The maximum Gasteiger partial charge on any atom is 0.322 e. The van der Waals surface area contributed by atoms with Crippen LogP contribution in [0.4, 0.5) is 10.5 Å². The van der Waals surface area contributed by atoms with Crippen molar-refractivity contribution >= 4 is 29.0 Å². The molecule has 0 aliphatic heterocycles. The Morgan fingerprint density at radius 1 is 0.921 bits per heavy atom. The third-order valence-corrected chi connectivity index (χ3v) is 7.04. The summed E-state index contributed by atoms with van der Waals surface area (Å²) in [4.78, 5) is 31.3. The highest BCUT2D eigenvalue weighted by atomic mass is 32.1. The van der Waals surface area contributed by atoms with Crippen LogP contribution in [0.15, 0.2) is 60.0 Å². The number of urea groups is 1. The molecule has 1 N–H and O–H groups in total. The van der Waals surface area contributed by atoms with E-state index in [9.17, 15) is 9.59 Å². The molecule has 0 fully saturated rings. The van der Waals surface area contributed by atoms with Crippen LogP contribution in [0.25, 0.3) is 0 Å². The fraction of sp³-hybridized carbons (Fsp3) is 0.379. The number of methoxy groups -OCH3 is 3. The number of carbonyl (C=O) groups is 2. The van der Waals surface area contributed by atoms with Crippen LogP contribution in [0.5, 0.6) is 11.5 Å². The van der Waals surface area contributed by atoms with Crippen LogP contribution in [0.2, 0.25) is 0 Å². The lowest BCUT2D eigenvalue weighted by atomic mass is 10.1. The summed E-state index contributed by atoms with van der Waals surface area (Å²) in [6, 6.07) is 17.0. The summed E-state index contributed by atoms with van der Waals surface area (Å²) >= 11 is 1.61. The zero-order valence-corrected chi connectivity index (χ0v) is 23.4. The summed E-state index contributed by atoms with van der Waals surface area (Å²) in [6.07, 6.45) is 1.26. The normalized spacial score (nSPS) is 10.6. The molecule has 9 heteroatoms. The summed E-state index contributed by atoms with van der Waals surface area (Å²) in [5, 5.41) is 4.96. The van der Waals surface area contributed by atoms with Gasteiger partial charge in [0.05, 0.1) is 20.8 Å². The van der Waals surface area contributed by atoms with Crippen molar-refractivity contribution in [2.45, 2.75) is 26.3 Å². The van der Waals surface area contributed by atoms with E-state index in [1.165, 1.54) is 0 Å². The Labute approximate surface area is 229 Å². The monoisotopic (exact) mass is 539 g/mol. The Kier molecular flexibility index (Phi) is 11.4. The van der Waals surface area contributed by atoms with Crippen LogP contribution >= 0.6 is 11.3 Å². The molecule has 38 heavy (non-hydrogen) atoms. The van der Waals surface area contributed by atoms with Gasteiger partial charge in [-0.2, -0.15) is 0 Å². The molecule has 204 valence electrons. The number of carbonyl (C=O) groups excluding carboxylic acids is 2. The first kappa shape index (κ1) is 29.0. The average molecular weight is 540 g/mol. The molecule has 0 saturated carbocycles. The van der Waals surface area contributed by atoms with Crippen molar-refractivity contribution in [1.82, 2.24) is 9.80 Å². The molecular formula is C29H37N3O5S. The molecule has 3 amide bonds. The minimum atomic E-state index is -0.306. The number of hydrogen-bond acceptors (Lipinski definition) is 6. The van der Waals surface area contributed by atoms with Crippen LogP contribution in [0.1, 0.15) is 22.4 Å². The van der Waals surface area contributed by atoms with Gasteiger partial charge in [-0.15, -0.1) is 11.3 Å². The molecule has 0 unspecified atom stereocenters. The van der Waals surface area contributed by atoms with Gasteiger partial charge in [-0.25, -0.2) is 4.79 Å². The van der Waals surface area contributed by atoms with Gasteiger partial charge in [-0.1, -0.05) is 30.3 Å². The molecule has 2 aromatic carbocycles. The van der Waals surface area contributed by atoms with Crippen molar-refractivity contribution < 1.29 is 23.8 Å². The lowest BCUT2D eigenvalue weighted by molar-refractivity contribution is -0.132. The molecule has 0 bridgehead atoms. The van der Waals surface area contributed by atoms with Gasteiger partial charge in [0.1, 0.15) is 6.54 Å². The molecule has 1 aromatic heterocycles. The van der Waals surface area contributed by atoms with Crippen molar-refractivity contribution in [2.24, 2.45) is 0 Å². The Morgan fingerprint density at radius 3 is 2.39 bits per heavy atom. The van der Waals surface area contributed by atoms with Crippen molar-refractivity contribution in [3.05, 3.63) is 76.0 Å². The lowest BCUT2D eigenvalue weighted by Gasteiger charge is -2.28. The van der Waals surface area contributed by atoms with Gasteiger partial charge in [0.25, 0.3) is 0 Å². The van der Waals surface area contributed by atoms with E-state index in [4.69, 9.17) is 14.2 Å². The summed E-state index contributed by atoms with van der Waals surface area (Å²) in [7, 11) is 4.83. The third-order valence-electron chi connectivity index (χ3n) is 6.17. The van der Waals surface area contributed by atoms with Gasteiger partial charge in [0.2, 0.25) is 5.91 Å². The first-order chi connectivity index (χ1) is 18.4. The third kappa shape index (κ3) is 8.49. The zero-order valence-electron chi connectivity index (χ0n) is 22.6. The van der Waals surface area contributed by atoms with Crippen molar-refractivity contribution in [3.63, 3.8) is 0 Å². The van der Waals surface area contributed by atoms with E-state index in [0.717, 1.165) is 21.7 Å². The Balaban J connectivity index is 1.74. The van der Waals surface area contributed by atoms with Crippen LogP contribution in [-0.2, 0) is 22.5 Å². The second-order valence-corrected chi connectivity index (χ2v) is 9.88. The first-order valence-electron chi connectivity index (χ1n) is 12.6. The quantitative estimate of drug-likeness (QED) is 0.284. The fourth-order valence-electron chi connectivity index (χ4n) is 4.01. The predicted molar refractivity (Wildman–Crippen MR) is 151 cm³/mol. The van der Waals surface area contributed by atoms with Gasteiger partial charge in [0, 0.05) is 37.4 Å². The number of thiophene rings is 1. The van der Waals surface area contributed by atoms with Gasteiger partial charge in [0.15, 0.2) is 11.5 Å². The highest BCUT2D eigenvalue weighted by Gasteiger charge is 2.22. The summed E-state index contributed by atoms with van der Waals surface area (Å²) in [6.45, 7) is 3.79. The predicted octanol–water partition coefficient (Wildman–Crippen LogP) is 5.22. The van der Waals surface area contributed by atoms with Gasteiger partial charge in [-0.3, -0.25) is 4.79 Å². The lowest BCUT2D eigenvalue weighted by Crippen LogP contribution is -2.45. The Bertz CT molecular complexity index is 1170. The topological polar surface area (TPSA) is 80.3 Å². The van der Waals surface area contributed by atoms with E-state index in [0.29, 0.717) is 50.6 Å². The second kappa shape index (κ2) is 15.0. The SMILES string of the molecule is COCCCN(CC(=O)N(CCc1ccc(OC)c(OC)c1)Cc1cccs1)C(=O)Nc1ccccc1C. The van der Waals surface area contributed by atoms with E-state index in [1.807, 2.05) is 71.8 Å². The van der Waals surface area contributed by atoms with Crippen LogP contribution in [0, 0.1) is 6.92 Å². The van der Waals surface area contributed by atoms with Crippen molar-refractivity contribution in [1.29, 1.82) is 0 Å². The number of nitrogens with one attached hydrogen (secondary N) is 1. The van der Waals surface area contributed by atoms with E-state index >= 15 is 0 Å². The fourth-order valence-corrected chi connectivity index (χ4v) is 4.73. The molecule has 0 aliphatic carbocycles. The molecule has 0 saturated heterocycles. The zero-order chi connectivity index (χ0) is 27.3. The maximum absolute atomic E-state index is 13.6. The second-order valence-electron chi connectivity index (χ2n) is 8.85. The minimum Gasteiger partial charge on any atom is -0.493 e. The number of nitrogens with zero attached hydrogens (tertiary/aromatic N) is 2. The minimum absolute atomic E-state index is 0.0290. The molecule has 0 aliphatic rings. The van der Waals surface area contributed by atoms with Crippen molar-refractivity contribution in [2.75, 3.05) is 52.9 Å². The number of ether oxygens (including phenoxy) is 3. The number of rotatable bonds is 14. The van der Waals surface area contributed by atoms with Gasteiger partial charge in [-0.05, 0) is 60.5 Å². The number of benzene rings is 2. The van der Waals surface area contributed by atoms with Gasteiger partial charge < -0.3 is 29.3 Å². The number of aryl methyl sites for hydroxylation is 1. The van der Waals surface area contributed by atoms with Crippen LogP contribution in [0.3, 0.4) is 0 Å². The first-order valence-corrected chi connectivity index (χ1v) is 13.4. The molecule has 0 atom stereocenters. The van der Waals surface area contributed by atoms with E-state index in [1.54, 1.807) is 37.6 Å². The molecular weight excluding hydrogens is 502 g/mol. The summed E-state index contributed by atoms with van der Waals surface area (Å²) in [5.41, 5.74) is 2.71. The van der Waals surface area contributed by atoms with Gasteiger partial charge >= 0.3 is 6.03 Å². The smallest absolute Gasteiger partial charge is 0.322 e. The van der Waals surface area contributed by atoms with E-state index in [-0.39, 0.29) is 18.5 Å². The van der Waals surface area contributed by atoms with Crippen LogP contribution in [-0.4, -0.2) is 69.3 Å². The number of amides is 3. The molecule has 3 rings (SSSR count). The molecule has 0 radical (unpaired) electrons. The standard InChI is InChI=1S/C29H37N3O5S/c1-22-9-5-6-11-25(22)30-29(34)32(15-8-17-35-2)21-28(33)31(20-24-10-7-18-38-24)16-14-23-12-13-26(36-3)27(19-23)37-4/h5-7,9-13,18-19H,8,14-17,20-21H2,1-4H3,(H,30,34). The largest absolute Gasteiger partial charge is 0.493 e. The molecule has 1 heterocycles. The highest BCUT2D eigenvalue weighted by Crippen LogP contribution is 2.28. The summed E-state index contributed by atoms with van der Waals surface area (Å²) in [5.74, 6) is 1.20. The molecule has 8 nitrogen and oxygen atoms in total. The van der Waals surface area contributed by atoms with E-state index in [2.05, 4.69) is 5.32 Å². The maximum atomic E-state index is 13.6. The number of hydrogen-bond donors (Lipinski definition) is 1. The average Bonchev–Trinajstić information content (AvgIpc) is 3.44. The number of anilines is 1. The Hall–Kier alpha value is -3.56. The van der Waals surface area contributed by atoms with Crippen LogP contribution < -0.4 is 14.8 Å². The molecule has 3 aromatic rings. The van der Waals surface area contributed by atoms with E-state index < -0.39 is 0 Å².